The van der Waals surface area contributed by atoms with Crippen LogP contribution in [0.5, 0.6) is 0 Å². The number of piperazine rings is 1. The third-order valence-corrected chi connectivity index (χ3v) is 6.33. The van der Waals surface area contributed by atoms with Crippen LogP contribution in [0.3, 0.4) is 0 Å². The van der Waals surface area contributed by atoms with Gasteiger partial charge in [0.1, 0.15) is 0 Å². The number of nitrogens with zero attached hydrogens (tertiary/aromatic N) is 4. The Balaban J connectivity index is 1.40. The molecule has 0 unspecified atom stereocenters. The van der Waals surface area contributed by atoms with Crippen molar-refractivity contribution in [3.05, 3.63) is 75.6 Å². The van der Waals surface area contributed by atoms with Crippen LogP contribution < -0.4 is 10.2 Å². The van der Waals surface area contributed by atoms with Crippen molar-refractivity contribution in [2.24, 2.45) is 0 Å². The summed E-state index contributed by atoms with van der Waals surface area (Å²) >= 11 is 6.17. The van der Waals surface area contributed by atoms with E-state index >= 15 is 0 Å². The van der Waals surface area contributed by atoms with Crippen LogP contribution in [-0.2, 0) is 11.3 Å². The summed E-state index contributed by atoms with van der Waals surface area (Å²) in [6, 6.07) is 12.4. The lowest BCUT2D eigenvalue weighted by Crippen LogP contribution is -2.53. The van der Waals surface area contributed by atoms with Crippen molar-refractivity contribution in [2.75, 3.05) is 31.1 Å². The van der Waals surface area contributed by atoms with E-state index in [1.165, 1.54) is 6.07 Å². The maximum Gasteiger partial charge on any atom is 0.278 e. The first-order valence-corrected chi connectivity index (χ1v) is 10.8. The maximum absolute atomic E-state index is 12.7. The van der Waals surface area contributed by atoms with Crippen LogP contribution in [0.4, 0.5) is 11.4 Å². The van der Waals surface area contributed by atoms with Gasteiger partial charge < -0.3 is 10.2 Å². The third kappa shape index (κ3) is 4.51. The Morgan fingerprint density at radius 3 is 2.62 bits per heavy atom. The van der Waals surface area contributed by atoms with Crippen LogP contribution >= 0.6 is 11.6 Å². The smallest absolute Gasteiger partial charge is 0.278 e. The van der Waals surface area contributed by atoms with Crippen molar-refractivity contribution in [1.82, 2.24) is 15.2 Å². The van der Waals surface area contributed by atoms with E-state index in [2.05, 4.69) is 20.1 Å². The average Bonchev–Trinajstić information content (AvgIpc) is 2.82. The van der Waals surface area contributed by atoms with E-state index in [-0.39, 0.29) is 22.6 Å². The number of nitro groups is 1. The highest BCUT2D eigenvalue weighted by Gasteiger charge is 2.27. The summed E-state index contributed by atoms with van der Waals surface area (Å²) in [4.78, 5) is 32.1. The summed E-state index contributed by atoms with van der Waals surface area (Å²) in [5.41, 5.74) is 1.89. The second-order valence-electron chi connectivity index (χ2n) is 7.79. The standard InChI is InChI=1S/C23H24ClN5O3/c1-16(23(30)26-14-17-4-2-3-5-20(17)24)27-10-12-28(13-11-27)21-6-7-22(29(31)32)19-15-25-9-8-18(19)21/h2-9,15-16H,10-14H2,1H3,(H,26,30)/t16-/m0/s1. The number of amides is 1. The minimum Gasteiger partial charge on any atom is -0.368 e. The molecule has 1 N–H and O–H groups in total. The highest BCUT2D eigenvalue weighted by atomic mass is 35.5. The molecule has 9 heteroatoms. The fourth-order valence-electron chi connectivity index (χ4n) is 4.08. The number of rotatable bonds is 6. The van der Waals surface area contributed by atoms with Gasteiger partial charge in [0.2, 0.25) is 5.91 Å². The van der Waals surface area contributed by atoms with Crippen molar-refractivity contribution in [2.45, 2.75) is 19.5 Å². The summed E-state index contributed by atoms with van der Waals surface area (Å²) < 4.78 is 0. The van der Waals surface area contributed by atoms with Gasteiger partial charge in [0.15, 0.2) is 0 Å². The summed E-state index contributed by atoms with van der Waals surface area (Å²) in [6.45, 7) is 5.17. The van der Waals surface area contributed by atoms with Crippen molar-refractivity contribution in [3.8, 4) is 0 Å². The van der Waals surface area contributed by atoms with Crippen LogP contribution in [-0.4, -0.2) is 52.9 Å². The molecule has 1 saturated heterocycles. The van der Waals surface area contributed by atoms with E-state index in [0.717, 1.165) is 29.7 Å². The van der Waals surface area contributed by atoms with Crippen molar-refractivity contribution < 1.29 is 9.72 Å². The lowest BCUT2D eigenvalue weighted by molar-refractivity contribution is -0.383. The SMILES string of the molecule is C[C@@H](C(=O)NCc1ccccc1Cl)N1CCN(c2ccc([N+](=O)[O-])c3cnccc23)CC1. The number of hydrogen-bond donors (Lipinski definition) is 1. The lowest BCUT2D eigenvalue weighted by Gasteiger charge is -2.38. The average molecular weight is 454 g/mol. The number of nitrogens with one attached hydrogen (secondary N) is 1. The number of benzene rings is 2. The molecule has 8 nitrogen and oxygen atoms in total. The highest BCUT2D eigenvalue weighted by molar-refractivity contribution is 6.31. The number of non-ortho nitro benzene ring substituents is 1. The molecule has 0 bridgehead atoms. The molecule has 32 heavy (non-hydrogen) atoms. The molecule has 1 aromatic heterocycles. The largest absolute Gasteiger partial charge is 0.368 e. The van der Waals surface area contributed by atoms with Crippen LogP contribution in [0.25, 0.3) is 10.8 Å². The zero-order valence-corrected chi connectivity index (χ0v) is 18.5. The Labute approximate surface area is 190 Å². The zero-order valence-electron chi connectivity index (χ0n) is 17.7. The normalized spacial score (nSPS) is 15.5. The van der Waals surface area contributed by atoms with E-state index in [4.69, 9.17) is 11.6 Å². The highest BCUT2D eigenvalue weighted by Crippen LogP contribution is 2.33. The van der Waals surface area contributed by atoms with Gasteiger partial charge in [-0.1, -0.05) is 29.8 Å². The molecule has 1 aliphatic rings. The van der Waals surface area contributed by atoms with Gasteiger partial charge in [0.25, 0.3) is 5.69 Å². The topological polar surface area (TPSA) is 91.6 Å². The first-order valence-electron chi connectivity index (χ1n) is 10.5. The number of halogens is 1. The third-order valence-electron chi connectivity index (χ3n) is 5.96. The summed E-state index contributed by atoms with van der Waals surface area (Å²) in [5.74, 6) is -0.0368. The Morgan fingerprint density at radius 2 is 1.91 bits per heavy atom. The Morgan fingerprint density at radius 1 is 1.16 bits per heavy atom. The van der Waals surface area contributed by atoms with Crippen molar-refractivity contribution >= 4 is 39.7 Å². The Bertz CT molecular complexity index is 1150. The number of carbonyl (C=O) groups is 1. The van der Waals surface area contributed by atoms with Gasteiger partial charge in [-0.15, -0.1) is 0 Å². The van der Waals surface area contributed by atoms with Crippen molar-refractivity contribution in [1.29, 1.82) is 0 Å². The predicted octanol–water partition coefficient (Wildman–Crippen LogP) is 3.62. The second kappa shape index (κ2) is 9.50. The maximum atomic E-state index is 12.7. The number of nitro benzene ring substituents is 1. The Kier molecular flexibility index (Phi) is 6.53. The molecule has 0 aliphatic carbocycles. The number of fused-ring (bicyclic) bond motifs is 1. The van der Waals surface area contributed by atoms with E-state index in [1.807, 2.05) is 37.3 Å². The van der Waals surface area contributed by atoms with Crippen LogP contribution in [0.1, 0.15) is 12.5 Å². The number of aromatic nitrogens is 1. The molecule has 1 atom stereocenters. The van der Waals surface area contributed by atoms with Crippen LogP contribution in [0.15, 0.2) is 54.9 Å². The molecule has 2 aromatic carbocycles. The summed E-state index contributed by atoms with van der Waals surface area (Å²) in [6.07, 6.45) is 3.19. The minimum atomic E-state index is -0.380. The van der Waals surface area contributed by atoms with Crippen LogP contribution in [0.2, 0.25) is 5.02 Å². The molecule has 1 fully saturated rings. The van der Waals surface area contributed by atoms with Gasteiger partial charge in [-0.25, -0.2) is 0 Å². The first-order chi connectivity index (χ1) is 15.5. The molecular formula is C23H24ClN5O3. The lowest BCUT2D eigenvalue weighted by atomic mass is 10.1. The van der Waals surface area contributed by atoms with Gasteiger partial charge in [-0.2, -0.15) is 0 Å². The van der Waals surface area contributed by atoms with Gasteiger partial charge in [0, 0.05) is 67.3 Å². The minimum absolute atomic E-state index is 0.0368. The Hall–Kier alpha value is -3.23. The fourth-order valence-corrected chi connectivity index (χ4v) is 4.28. The van der Waals surface area contributed by atoms with Gasteiger partial charge in [-0.3, -0.25) is 24.8 Å². The number of carbonyl (C=O) groups excluding carboxylic acids is 1. The molecular weight excluding hydrogens is 430 g/mol. The molecule has 2 heterocycles. The second-order valence-corrected chi connectivity index (χ2v) is 8.20. The monoisotopic (exact) mass is 453 g/mol. The quantitative estimate of drug-likeness (QED) is 0.452. The molecule has 1 amide bonds. The van der Waals surface area contributed by atoms with E-state index < -0.39 is 0 Å². The zero-order chi connectivity index (χ0) is 22.7. The molecule has 3 aromatic rings. The van der Waals surface area contributed by atoms with Gasteiger partial charge in [0.05, 0.1) is 16.4 Å². The molecule has 1 aliphatic heterocycles. The summed E-state index contributed by atoms with van der Waals surface area (Å²) in [7, 11) is 0. The molecule has 0 radical (unpaired) electrons. The number of anilines is 1. The molecule has 166 valence electrons. The molecule has 4 rings (SSSR count). The fraction of sp³-hybridized carbons (Fsp3) is 0.304. The van der Waals surface area contributed by atoms with Gasteiger partial charge in [-0.05, 0) is 30.7 Å². The number of pyridine rings is 1. The first kappa shape index (κ1) is 22.0. The molecule has 0 spiro atoms. The molecule has 0 saturated carbocycles. The number of hydrogen-bond acceptors (Lipinski definition) is 6. The summed E-state index contributed by atoms with van der Waals surface area (Å²) in [5, 5.41) is 16.3. The van der Waals surface area contributed by atoms with E-state index in [9.17, 15) is 14.9 Å². The van der Waals surface area contributed by atoms with Crippen molar-refractivity contribution in [3.63, 3.8) is 0 Å². The van der Waals surface area contributed by atoms with E-state index in [0.29, 0.717) is 30.0 Å². The predicted molar refractivity (Wildman–Crippen MR) is 125 cm³/mol. The van der Waals surface area contributed by atoms with E-state index in [1.54, 1.807) is 18.5 Å². The van der Waals surface area contributed by atoms with Crippen LogP contribution in [0, 0.1) is 10.1 Å². The van der Waals surface area contributed by atoms with Gasteiger partial charge >= 0.3 is 0 Å².